The number of aliphatic hydroxyl groups excluding tert-OH is 1. The molecule has 0 aliphatic heterocycles. The Balaban J connectivity index is 1.75. The molecule has 1 unspecified atom stereocenters. The van der Waals surface area contributed by atoms with Crippen molar-refractivity contribution >= 4 is 23.2 Å². The zero-order valence-electron chi connectivity index (χ0n) is 18.1. The van der Waals surface area contributed by atoms with Gasteiger partial charge in [0, 0.05) is 23.3 Å². The molecule has 35 heavy (non-hydrogen) atoms. The third-order valence-corrected chi connectivity index (χ3v) is 5.47. The first-order valence-corrected chi connectivity index (χ1v) is 11.0. The minimum absolute atomic E-state index is 0.0406. The zero-order chi connectivity index (χ0) is 25.3. The van der Waals surface area contributed by atoms with E-state index in [9.17, 15) is 23.1 Å². The van der Waals surface area contributed by atoms with Crippen LogP contribution in [-0.2, 0) is 13.1 Å². The minimum Gasteiger partial charge on any atom is -0.385 e. The molecule has 0 radical (unpaired) electrons. The number of hydrogen-bond acceptors (Lipinski definition) is 6. The van der Waals surface area contributed by atoms with Gasteiger partial charge in [0.15, 0.2) is 23.3 Å². The molecule has 1 N–H and O–H groups in total. The molecule has 0 fully saturated rings. The molecule has 9 nitrogen and oxygen atoms in total. The van der Waals surface area contributed by atoms with E-state index in [0.29, 0.717) is 10.6 Å². The Bertz CT molecular complexity index is 1400. The maximum atomic E-state index is 13.0. The van der Waals surface area contributed by atoms with E-state index in [4.69, 9.17) is 23.2 Å². The fraction of sp³-hybridized carbons (Fsp3) is 0.286. The van der Waals surface area contributed by atoms with E-state index in [0.717, 1.165) is 9.25 Å². The summed E-state index contributed by atoms with van der Waals surface area (Å²) in [5.74, 6) is 0.448. The van der Waals surface area contributed by atoms with Gasteiger partial charge < -0.3 is 5.11 Å². The molecule has 184 valence electrons. The van der Waals surface area contributed by atoms with Gasteiger partial charge in [0.05, 0.1) is 11.4 Å². The number of rotatable bonds is 7. The predicted octanol–water partition coefficient (Wildman–Crippen LogP) is 4.05. The van der Waals surface area contributed by atoms with Crippen molar-refractivity contribution in [1.82, 2.24) is 34.1 Å². The van der Waals surface area contributed by atoms with Gasteiger partial charge in [0.1, 0.15) is 12.6 Å². The average molecular weight is 528 g/mol. The van der Waals surface area contributed by atoms with Gasteiger partial charge in [-0.1, -0.05) is 23.2 Å². The predicted molar refractivity (Wildman–Crippen MR) is 122 cm³/mol. The van der Waals surface area contributed by atoms with Crippen molar-refractivity contribution in [3.8, 4) is 17.2 Å². The van der Waals surface area contributed by atoms with Gasteiger partial charge in [-0.25, -0.2) is 19.4 Å². The van der Waals surface area contributed by atoms with Gasteiger partial charge in [-0.15, -0.1) is 10.2 Å². The number of alkyl halides is 3. The maximum absolute atomic E-state index is 13.0. The second kappa shape index (κ2) is 9.80. The molecule has 4 rings (SSSR count). The second-order valence-corrected chi connectivity index (χ2v) is 8.41. The van der Waals surface area contributed by atoms with Gasteiger partial charge in [0.25, 0.3) is 0 Å². The van der Waals surface area contributed by atoms with Crippen molar-refractivity contribution in [1.29, 1.82) is 0 Å². The Labute approximate surface area is 206 Å². The van der Waals surface area contributed by atoms with Crippen LogP contribution in [0.5, 0.6) is 0 Å². The minimum atomic E-state index is -4.47. The van der Waals surface area contributed by atoms with E-state index in [2.05, 4.69) is 20.2 Å². The molecule has 14 heteroatoms. The van der Waals surface area contributed by atoms with Crippen molar-refractivity contribution in [2.24, 2.45) is 0 Å². The van der Waals surface area contributed by atoms with Crippen molar-refractivity contribution in [2.75, 3.05) is 0 Å². The first-order chi connectivity index (χ1) is 16.5. The Hall–Kier alpha value is -3.22. The van der Waals surface area contributed by atoms with Gasteiger partial charge in [-0.3, -0.25) is 4.57 Å². The van der Waals surface area contributed by atoms with E-state index in [-0.39, 0.29) is 34.9 Å². The van der Waals surface area contributed by atoms with Crippen molar-refractivity contribution in [2.45, 2.75) is 38.7 Å². The summed E-state index contributed by atoms with van der Waals surface area (Å²) >= 11 is 12.1. The second-order valence-electron chi connectivity index (χ2n) is 7.57. The van der Waals surface area contributed by atoms with Gasteiger partial charge in [0.2, 0.25) is 0 Å². The number of halogens is 5. The van der Waals surface area contributed by atoms with Crippen LogP contribution >= 0.6 is 23.2 Å². The monoisotopic (exact) mass is 527 g/mol. The number of benzene rings is 1. The summed E-state index contributed by atoms with van der Waals surface area (Å²) in [6.45, 7) is 0.581. The van der Waals surface area contributed by atoms with Crippen LogP contribution in [0.4, 0.5) is 13.2 Å². The maximum Gasteiger partial charge on any atom is 0.390 e. The molecule has 4 aromatic rings. The SMILES string of the molecule is CC(O)c1nc(Cn2nc(-c3ccc(Cl)cc3)n(CCC(F)(F)F)c2=O)nn1-c1ncccc1Cl. The molecule has 3 aromatic heterocycles. The molecule has 3 heterocycles. The van der Waals surface area contributed by atoms with E-state index >= 15 is 0 Å². The molecule has 0 spiro atoms. The number of aromatic nitrogens is 7. The fourth-order valence-electron chi connectivity index (χ4n) is 3.33. The van der Waals surface area contributed by atoms with Gasteiger partial charge in [-0.2, -0.15) is 17.9 Å². The summed E-state index contributed by atoms with van der Waals surface area (Å²) in [5.41, 5.74) is -0.360. The van der Waals surface area contributed by atoms with Gasteiger partial charge in [-0.05, 0) is 43.3 Å². The third-order valence-electron chi connectivity index (χ3n) is 4.92. The van der Waals surface area contributed by atoms with Crippen LogP contribution in [0.25, 0.3) is 17.2 Å². The quantitative estimate of drug-likeness (QED) is 0.388. The highest BCUT2D eigenvalue weighted by Crippen LogP contribution is 2.24. The summed E-state index contributed by atoms with van der Waals surface area (Å²) in [6.07, 6.45) is -5.25. The number of nitrogens with zero attached hydrogens (tertiary/aromatic N) is 7. The van der Waals surface area contributed by atoms with E-state index in [1.165, 1.54) is 17.8 Å². The molecule has 0 bridgehead atoms. The van der Waals surface area contributed by atoms with Crippen LogP contribution in [0.1, 0.15) is 31.1 Å². The highest BCUT2D eigenvalue weighted by Gasteiger charge is 2.29. The Kier molecular flexibility index (Phi) is 6.97. The van der Waals surface area contributed by atoms with Crippen LogP contribution in [-0.4, -0.2) is 45.4 Å². The largest absolute Gasteiger partial charge is 0.390 e. The van der Waals surface area contributed by atoms with Crippen LogP contribution < -0.4 is 5.69 Å². The highest BCUT2D eigenvalue weighted by atomic mass is 35.5. The highest BCUT2D eigenvalue weighted by molar-refractivity contribution is 6.32. The van der Waals surface area contributed by atoms with E-state index in [1.807, 2.05) is 0 Å². The molecule has 0 saturated carbocycles. The lowest BCUT2D eigenvalue weighted by Crippen LogP contribution is -2.27. The lowest BCUT2D eigenvalue weighted by atomic mass is 10.2. The summed E-state index contributed by atoms with van der Waals surface area (Å²) in [7, 11) is 0. The van der Waals surface area contributed by atoms with Gasteiger partial charge >= 0.3 is 11.9 Å². The molecule has 0 amide bonds. The topological polar surface area (TPSA) is 104 Å². The lowest BCUT2D eigenvalue weighted by Gasteiger charge is -2.08. The smallest absolute Gasteiger partial charge is 0.385 e. The Morgan fingerprint density at radius 3 is 2.46 bits per heavy atom. The summed E-state index contributed by atoms with van der Waals surface area (Å²) < 4.78 is 41.9. The molecule has 1 aromatic carbocycles. The van der Waals surface area contributed by atoms with E-state index in [1.54, 1.807) is 36.4 Å². The molecular weight excluding hydrogens is 510 g/mol. The third kappa shape index (κ3) is 5.55. The zero-order valence-corrected chi connectivity index (χ0v) is 19.6. The lowest BCUT2D eigenvalue weighted by molar-refractivity contribution is -0.136. The average Bonchev–Trinajstić information content (AvgIpc) is 3.34. The van der Waals surface area contributed by atoms with Crippen molar-refractivity contribution < 1.29 is 18.3 Å². The fourth-order valence-corrected chi connectivity index (χ4v) is 3.65. The van der Waals surface area contributed by atoms with Crippen LogP contribution in [0.15, 0.2) is 47.4 Å². The van der Waals surface area contributed by atoms with Crippen LogP contribution in [0.3, 0.4) is 0 Å². The molecule has 0 aliphatic carbocycles. The standard InChI is InChI=1S/C21H18Cl2F3N7O2/c1-12(34)17-28-16(29-33(17)19-15(23)3-2-9-27-19)11-32-20(35)31(10-8-21(24,25)26)18(30-32)13-4-6-14(22)7-5-13/h2-7,9,12,34H,8,10-11H2,1H3. The normalized spacial score (nSPS) is 12.8. The van der Waals surface area contributed by atoms with Crippen molar-refractivity contribution in [3.05, 3.63) is 74.8 Å². The van der Waals surface area contributed by atoms with E-state index < -0.39 is 30.9 Å². The molecular formula is C21H18Cl2F3N7O2. The Morgan fingerprint density at radius 2 is 1.83 bits per heavy atom. The number of aliphatic hydroxyl groups is 1. The summed E-state index contributed by atoms with van der Waals surface area (Å²) in [5, 5.41) is 19.4. The molecule has 0 saturated heterocycles. The number of hydrogen-bond donors (Lipinski definition) is 1. The molecule has 1 atom stereocenters. The molecule has 0 aliphatic rings. The summed E-state index contributed by atoms with van der Waals surface area (Å²) in [4.78, 5) is 21.4. The number of pyridine rings is 1. The van der Waals surface area contributed by atoms with Crippen LogP contribution in [0.2, 0.25) is 10.0 Å². The first-order valence-electron chi connectivity index (χ1n) is 10.3. The summed E-state index contributed by atoms with van der Waals surface area (Å²) in [6, 6.07) is 9.41. The van der Waals surface area contributed by atoms with Crippen LogP contribution in [0, 0.1) is 0 Å². The Morgan fingerprint density at radius 1 is 1.11 bits per heavy atom. The first kappa shape index (κ1) is 24.9. The van der Waals surface area contributed by atoms with Crippen molar-refractivity contribution in [3.63, 3.8) is 0 Å².